The number of aromatic nitrogens is 1. The maximum absolute atomic E-state index is 5.99. The van der Waals surface area contributed by atoms with Crippen molar-refractivity contribution < 1.29 is 14.0 Å². The van der Waals surface area contributed by atoms with Crippen LogP contribution in [0.4, 0.5) is 0 Å². The maximum atomic E-state index is 5.99. The predicted molar refractivity (Wildman–Crippen MR) is 221 cm³/mol. The molecule has 4 aromatic carbocycles. The first-order valence-corrected chi connectivity index (χ1v) is 20.4. The van der Waals surface area contributed by atoms with E-state index in [1.807, 2.05) is 54.6 Å². The van der Waals surface area contributed by atoms with E-state index in [2.05, 4.69) is 79.4 Å². The third kappa shape index (κ3) is 14.0. The van der Waals surface area contributed by atoms with Crippen LogP contribution in [-0.4, -0.2) is 18.4 Å². The highest BCUT2D eigenvalue weighted by atomic mass is 16.5. The molecule has 4 heteroatoms. The summed E-state index contributed by atoms with van der Waals surface area (Å²) in [4.78, 5) is 0. The van der Waals surface area contributed by atoms with Gasteiger partial charge in [0.05, 0.1) is 13.2 Å². The standard InChI is InChI=1S/C49H59NO3/c1-3-5-7-9-11-13-15-17-37-51-46-33-29-43(30-34-46)42-25-21-40(22-26-42)19-20-41-23-27-45(28-24-41)49-39-48(50-53-49)44-31-35-47(36-32-44)52-38-18-16-14-12-10-8-6-4-2/h21-36,39H,3-18,37-38H2,1-2H3. The van der Waals surface area contributed by atoms with Crippen LogP contribution in [0.1, 0.15) is 128 Å². The van der Waals surface area contributed by atoms with Gasteiger partial charge in [0.2, 0.25) is 0 Å². The molecule has 0 N–H and O–H groups in total. The summed E-state index contributed by atoms with van der Waals surface area (Å²) < 4.78 is 17.7. The largest absolute Gasteiger partial charge is 0.494 e. The van der Waals surface area contributed by atoms with E-state index in [0.29, 0.717) is 0 Å². The molecule has 0 amide bonds. The fourth-order valence-electron chi connectivity index (χ4n) is 6.47. The number of nitrogens with zero attached hydrogens (tertiary/aromatic N) is 1. The first-order valence-electron chi connectivity index (χ1n) is 20.4. The lowest BCUT2D eigenvalue weighted by molar-refractivity contribution is 0.304. The van der Waals surface area contributed by atoms with Gasteiger partial charge in [-0.25, -0.2) is 0 Å². The molecule has 0 saturated heterocycles. The Morgan fingerprint density at radius 2 is 0.811 bits per heavy atom. The van der Waals surface area contributed by atoms with Gasteiger partial charge in [-0.05, 0) is 96.8 Å². The van der Waals surface area contributed by atoms with Crippen LogP contribution >= 0.6 is 0 Å². The molecule has 0 radical (unpaired) electrons. The number of rotatable bonds is 23. The van der Waals surface area contributed by atoms with Crippen LogP contribution in [0, 0.1) is 11.8 Å². The molecule has 0 aliphatic carbocycles. The van der Waals surface area contributed by atoms with Crippen LogP contribution in [0.25, 0.3) is 33.7 Å². The van der Waals surface area contributed by atoms with Gasteiger partial charge in [-0.3, -0.25) is 0 Å². The highest BCUT2D eigenvalue weighted by Gasteiger charge is 2.09. The highest BCUT2D eigenvalue weighted by Crippen LogP contribution is 2.28. The van der Waals surface area contributed by atoms with Crippen LogP contribution in [0.5, 0.6) is 11.5 Å². The molecule has 0 saturated carbocycles. The van der Waals surface area contributed by atoms with Crippen LogP contribution in [0.2, 0.25) is 0 Å². The minimum Gasteiger partial charge on any atom is -0.494 e. The monoisotopic (exact) mass is 709 g/mol. The molecule has 53 heavy (non-hydrogen) atoms. The van der Waals surface area contributed by atoms with Gasteiger partial charge >= 0.3 is 0 Å². The Kier molecular flexibility index (Phi) is 17.1. The van der Waals surface area contributed by atoms with Crippen LogP contribution in [-0.2, 0) is 0 Å². The second-order valence-electron chi connectivity index (χ2n) is 14.2. The number of ether oxygens (including phenoxy) is 2. The molecule has 0 aliphatic rings. The average molecular weight is 710 g/mol. The van der Waals surface area contributed by atoms with E-state index < -0.39 is 0 Å². The third-order valence-corrected chi connectivity index (χ3v) is 9.79. The van der Waals surface area contributed by atoms with E-state index in [0.717, 1.165) is 71.3 Å². The Labute approximate surface area is 319 Å². The van der Waals surface area contributed by atoms with Gasteiger partial charge in [-0.15, -0.1) is 0 Å². The second-order valence-corrected chi connectivity index (χ2v) is 14.2. The minimum absolute atomic E-state index is 0.730. The van der Waals surface area contributed by atoms with Gasteiger partial charge in [-0.2, -0.15) is 0 Å². The number of hydrogen-bond acceptors (Lipinski definition) is 4. The van der Waals surface area contributed by atoms with Crippen molar-refractivity contribution >= 4 is 0 Å². The molecular weight excluding hydrogens is 651 g/mol. The van der Waals surface area contributed by atoms with E-state index in [9.17, 15) is 0 Å². The van der Waals surface area contributed by atoms with Gasteiger partial charge in [-0.1, -0.05) is 145 Å². The van der Waals surface area contributed by atoms with Crippen molar-refractivity contribution in [2.75, 3.05) is 13.2 Å². The predicted octanol–water partition coefficient (Wildman–Crippen LogP) is 14.1. The van der Waals surface area contributed by atoms with Crippen molar-refractivity contribution in [3.8, 4) is 57.0 Å². The molecule has 0 atom stereocenters. The Hall–Kier alpha value is -4.75. The molecule has 5 aromatic rings. The summed E-state index contributed by atoms with van der Waals surface area (Å²) in [6.45, 7) is 6.08. The van der Waals surface area contributed by atoms with Gasteiger partial charge in [0.15, 0.2) is 5.76 Å². The maximum Gasteiger partial charge on any atom is 0.167 e. The number of unbranched alkanes of at least 4 members (excludes halogenated alkanes) is 14. The number of hydrogen-bond donors (Lipinski definition) is 0. The Morgan fingerprint density at radius 3 is 1.26 bits per heavy atom. The SMILES string of the molecule is CCCCCCCCCCOc1ccc(-c2ccc(C#Cc3ccc(-c4cc(-c5ccc(OCCCCCCCCCC)cc5)no4)cc3)cc2)cc1. The van der Waals surface area contributed by atoms with E-state index in [1.54, 1.807) is 0 Å². The van der Waals surface area contributed by atoms with Crippen molar-refractivity contribution in [2.24, 2.45) is 0 Å². The van der Waals surface area contributed by atoms with Crippen molar-refractivity contribution in [2.45, 2.75) is 117 Å². The molecule has 5 rings (SSSR count). The minimum atomic E-state index is 0.730. The Balaban J connectivity index is 1.03. The second kappa shape index (κ2) is 23.0. The molecular formula is C49H59NO3. The Bertz CT molecular complexity index is 1770. The Morgan fingerprint density at radius 1 is 0.434 bits per heavy atom. The zero-order chi connectivity index (χ0) is 36.8. The van der Waals surface area contributed by atoms with Crippen molar-refractivity contribution in [1.82, 2.24) is 5.16 Å². The third-order valence-electron chi connectivity index (χ3n) is 9.79. The van der Waals surface area contributed by atoms with Crippen molar-refractivity contribution in [3.05, 3.63) is 114 Å². The molecule has 278 valence electrons. The van der Waals surface area contributed by atoms with E-state index in [4.69, 9.17) is 14.0 Å². The van der Waals surface area contributed by atoms with Gasteiger partial charge in [0, 0.05) is 28.3 Å². The summed E-state index contributed by atoms with van der Waals surface area (Å²) >= 11 is 0. The molecule has 0 bridgehead atoms. The fraction of sp³-hybridized carbons (Fsp3) is 0.408. The zero-order valence-corrected chi connectivity index (χ0v) is 32.2. The van der Waals surface area contributed by atoms with Crippen LogP contribution in [0.15, 0.2) is 108 Å². The summed E-state index contributed by atoms with van der Waals surface area (Å²) in [7, 11) is 0. The smallest absolute Gasteiger partial charge is 0.167 e. The number of benzene rings is 4. The average Bonchev–Trinajstić information content (AvgIpc) is 3.70. The lowest BCUT2D eigenvalue weighted by Crippen LogP contribution is -1.97. The van der Waals surface area contributed by atoms with E-state index >= 15 is 0 Å². The van der Waals surface area contributed by atoms with Crippen LogP contribution in [0.3, 0.4) is 0 Å². The fourth-order valence-corrected chi connectivity index (χ4v) is 6.47. The summed E-state index contributed by atoms with van der Waals surface area (Å²) in [5.41, 5.74) is 7.04. The molecule has 0 aliphatic heterocycles. The molecule has 1 aromatic heterocycles. The molecule has 4 nitrogen and oxygen atoms in total. The van der Waals surface area contributed by atoms with E-state index in [1.165, 1.54) is 101 Å². The lowest BCUT2D eigenvalue weighted by Gasteiger charge is -2.08. The molecule has 0 fully saturated rings. The summed E-state index contributed by atoms with van der Waals surface area (Å²) in [6, 6.07) is 35.0. The van der Waals surface area contributed by atoms with Crippen molar-refractivity contribution in [3.63, 3.8) is 0 Å². The van der Waals surface area contributed by atoms with Gasteiger partial charge in [0.25, 0.3) is 0 Å². The highest BCUT2D eigenvalue weighted by molar-refractivity contribution is 5.68. The summed E-state index contributed by atoms with van der Waals surface area (Å²) in [6.07, 6.45) is 20.9. The van der Waals surface area contributed by atoms with Gasteiger partial charge in [0.1, 0.15) is 17.2 Å². The lowest BCUT2D eigenvalue weighted by atomic mass is 10.0. The topological polar surface area (TPSA) is 44.5 Å². The first-order chi connectivity index (χ1) is 26.2. The molecule has 1 heterocycles. The molecule has 0 unspecified atom stereocenters. The van der Waals surface area contributed by atoms with Crippen LogP contribution < -0.4 is 9.47 Å². The quantitative estimate of drug-likeness (QED) is 0.0500. The van der Waals surface area contributed by atoms with Crippen molar-refractivity contribution in [1.29, 1.82) is 0 Å². The first kappa shape index (κ1) is 39.5. The zero-order valence-electron chi connectivity index (χ0n) is 32.2. The van der Waals surface area contributed by atoms with E-state index in [-0.39, 0.29) is 0 Å². The molecule has 0 spiro atoms. The van der Waals surface area contributed by atoms with Gasteiger partial charge < -0.3 is 14.0 Å². The normalized spacial score (nSPS) is 10.9. The summed E-state index contributed by atoms with van der Waals surface area (Å²) in [5.74, 6) is 9.16. The summed E-state index contributed by atoms with van der Waals surface area (Å²) in [5, 5.41) is 4.33.